The fourth-order valence-corrected chi connectivity index (χ4v) is 2.00. The Labute approximate surface area is 115 Å². The molecule has 0 amide bonds. The highest BCUT2D eigenvalue weighted by Crippen LogP contribution is 2.14. The van der Waals surface area contributed by atoms with Crippen LogP contribution in [0.5, 0.6) is 0 Å². The Morgan fingerprint density at radius 3 is 2.63 bits per heavy atom. The van der Waals surface area contributed by atoms with Crippen molar-refractivity contribution in [3.63, 3.8) is 0 Å². The molecule has 0 aliphatic rings. The molecule has 1 aromatic carbocycles. The highest BCUT2D eigenvalue weighted by atomic mass is 15.2. The van der Waals surface area contributed by atoms with Gasteiger partial charge in [-0.2, -0.15) is 5.10 Å². The van der Waals surface area contributed by atoms with Gasteiger partial charge in [0.25, 0.3) is 0 Å². The van der Waals surface area contributed by atoms with Crippen molar-refractivity contribution in [2.45, 2.75) is 32.9 Å². The average molecular weight is 255 g/mol. The predicted molar refractivity (Wildman–Crippen MR) is 79.7 cm³/mol. The molecule has 0 aliphatic carbocycles. The molecular weight excluding hydrogens is 234 g/mol. The molecule has 3 nitrogen and oxygen atoms in total. The van der Waals surface area contributed by atoms with E-state index in [1.807, 2.05) is 12.4 Å². The summed E-state index contributed by atoms with van der Waals surface area (Å²) in [5.41, 5.74) is 3.86. The summed E-state index contributed by atoms with van der Waals surface area (Å²) in [6.45, 7) is 8.85. The van der Waals surface area contributed by atoms with Gasteiger partial charge in [-0.15, -0.1) is 0 Å². The minimum Gasteiger partial charge on any atom is -0.306 e. The Morgan fingerprint density at radius 2 is 2.05 bits per heavy atom. The van der Waals surface area contributed by atoms with E-state index >= 15 is 0 Å². The van der Waals surface area contributed by atoms with E-state index in [-0.39, 0.29) is 0 Å². The molecule has 0 aliphatic heterocycles. The van der Waals surface area contributed by atoms with E-state index in [9.17, 15) is 0 Å². The summed E-state index contributed by atoms with van der Waals surface area (Å²) < 4.78 is 1.72. The van der Waals surface area contributed by atoms with Crippen LogP contribution in [0.2, 0.25) is 0 Å². The summed E-state index contributed by atoms with van der Waals surface area (Å²) in [5.74, 6) is 0. The maximum absolute atomic E-state index is 4.17. The van der Waals surface area contributed by atoms with Gasteiger partial charge in [-0.1, -0.05) is 37.8 Å². The second-order valence-corrected chi connectivity index (χ2v) is 4.71. The molecule has 0 spiro atoms. The van der Waals surface area contributed by atoms with E-state index in [0.717, 1.165) is 18.5 Å². The van der Waals surface area contributed by atoms with Crippen molar-refractivity contribution in [3.05, 3.63) is 59.9 Å². The van der Waals surface area contributed by atoms with Crippen LogP contribution in [0.4, 0.5) is 0 Å². The minimum atomic E-state index is 0.331. The number of nitrogens with one attached hydrogen (secondary N) is 1. The van der Waals surface area contributed by atoms with Crippen LogP contribution in [-0.4, -0.2) is 9.78 Å². The van der Waals surface area contributed by atoms with Crippen LogP contribution in [-0.2, 0) is 13.0 Å². The molecule has 0 saturated heterocycles. The van der Waals surface area contributed by atoms with Crippen molar-refractivity contribution in [3.8, 4) is 0 Å². The molecule has 0 saturated carbocycles. The first-order chi connectivity index (χ1) is 9.22. The lowest BCUT2D eigenvalue weighted by Gasteiger charge is -2.14. The van der Waals surface area contributed by atoms with E-state index in [1.54, 1.807) is 10.9 Å². The molecule has 2 aromatic rings. The number of hydrogen-bond donors (Lipinski definition) is 1. The maximum Gasteiger partial charge on any atom is 0.0538 e. The zero-order valence-electron chi connectivity index (χ0n) is 11.6. The van der Waals surface area contributed by atoms with Crippen molar-refractivity contribution >= 4 is 6.20 Å². The van der Waals surface area contributed by atoms with Crippen LogP contribution in [0.1, 0.15) is 36.6 Å². The molecule has 100 valence electrons. The van der Waals surface area contributed by atoms with Crippen LogP contribution >= 0.6 is 0 Å². The highest BCUT2D eigenvalue weighted by Gasteiger charge is 2.05. The first-order valence-corrected chi connectivity index (χ1v) is 6.70. The van der Waals surface area contributed by atoms with Crippen molar-refractivity contribution in [2.75, 3.05) is 0 Å². The summed E-state index contributed by atoms with van der Waals surface area (Å²) >= 11 is 0. The first kappa shape index (κ1) is 13.6. The lowest BCUT2D eigenvalue weighted by Crippen LogP contribution is -2.17. The summed E-state index contributed by atoms with van der Waals surface area (Å²) in [7, 11) is 0. The topological polar surface area (TPSA) is 29.9 Å². The molecule has 1 unspecified atom stereocenters. The van der Waals surface area contributed by atoms with Crippen molar-refractivity contribution in [2.24, 2.45) is 0 Å². The zero-order valence-corrected chi connectivity index (χ0v) is 11.6. The Bertz CT molecular complexity index is 525. The third kappa shape index (κ3) is 3.55. The van der Waals surface area contributed by atoms with Crippen LogP contribution in [0.15, 0.2) is 43.2 Å². The molecule has 3 heteroatoms. The Morgan fingerprint density at radius 1 is 1.32 bits per heavy atom. The smallest absolute Gasteiger partial charge is 0.0538 e. The number of nitrogens with zero attached hydrogens (tertiary/aromatic N) is 2. The quantitative estimate of drug-likeness (QED) is 0.857. The van der Waals surface area contributed by atoms with Crippen LogP contribution in [0.3, 0.4) is 0 Å². The van der Waals surface area contributed by atoms with Crippen molar-refractivity contribution < 1.29 is 0 Å². The van der Waals surface area contributed by atoms with Gasteiger partial charge >= 0.3 is 0 Å². The number of aromatic nitrogens is 2. The number of benzene rings is 1. The summed E-state index contributed by atoms with van der Waals surface area (Å²) in [5, 5.41) is 7.67. The maximum atomic E-state index is 4.17. The Kier molecular flexibility index (Phi) is 4.53. The SMILES string of the molecule is C=Cn1cc(CNC(C)c2ccc(CC)cc2)cn1. The standard InChI is InChI=1S/C16H21N3/c1-4-14-6-8-16(9-7-14)13(3)17-10-15-11-18-19(5-2)12-15/h5-9,11-13,17H,2,4,10H2,1,3H3. The normalized spacial score (nSPS) is 12.3. The Balaban J connectivity index is 1.92. The second-order valence-electron chi connectivity index (χ2n) is 4.71. The van der Waals surface area contributed by atoms with Crippen LogP contribution in [0, 0.1) is 0 Å². The zero-order chi connectivity index (χ0) is 13.7. The van der Waals surface area contributed by atoms with Gasteiger partial charge in [0.15, 0.2) is 0 Å². The molecule has 2 rings (SSSR count). The number of hydrogen-bond acceptors (Lipinski definition) is 2. The summed E-state index contributed by atoms with van der Waals surface area (Å²) in [6, 6.07) is 9.12. The largest absolute Gasteiger partial charge is 0.306 e. The average Bonchev–Trinajstić information content (AvgIpc) is 2.93. The number of aryl methyl sites for hydroxylation is 1. The van der Waals surface area contributed by atoms with Gasteiger partial charge in [-0.3, -0.25) is 0 Å². The molecular formula is C16H21N3. The van der Waals surface area contributed by atoms with E-state index in [2.05, 4.69) is 55.1 Å². The van der Waals surface area contributed by atoms with E-state index in [4.69, 9.17) is 0 Å². The molecule has 1 heterocycles. The molecule has 0 radical (unpaired) electrons. The third-order valence-electron chi connectivity index (χ3n) is 3.34. The van der Waals surface area contributed by atoms with Crippen molar-refractivity contribution in [1.82, 2.24) is 15.1 Å². The third-order valence-corrected chi connectivity index (χ3v) is 3.34. The molecule has 0 fully saturated rings. The lowest BCUT2D eigenvalue weighted by molar-refractivity contribution is 0.574. The van der Waals surface area contributed by atoms with Gasteiger partial charge in [0.1, 0.15) is 0 Å². The van der Waals surface area contributed by atoms with Crippen LogP contribution in [0.25, 0.3) is 6.20 Å². The highest BCUT2D eigenvalue weighted by molar-refractivity contribution is 5.25. The first-order valence-electron chi connectivity index (χ1n) is 6.70. The molecule has 1 N–H and O–H groups in total. The number of rotatable bonds is 6. The van der Waals surface area contributed by atoms with Gasteiger partial charge < -0.3 is 5.32 Å². The molecule has 0 bridgehead atoms. The molecule has 1 atom stereocenters. The molecule has 19 heavy (non-hydrogen) atoms. The van der Waals surface area contributed by atoms with E-state index in [0.29, 0.717) is 6.04 Å². The molecule has 1 aromatic heterocycles. The summed E-state index contributed by atoms with van der Waals surface area (Å²) in [4.78, 5) is 0. The van der Waals surface area contributed by atoms with E-state index < -0.39 is 0 Å². The fraction of sp³-hybridized carbons (Fsp3) is 0.312. The van der Waals surface area contributed by atoms with Gasteiger partial charge in [0.05, 0.1) is 6.20 Å². The fourth-order valence-electron chi connectivity index (χ4n) is 2.00. The minimum absolute atomic E-state index is 0.331. The predicted octanol–water partition coefficient (Wildman–Crippen LogP) is 3.40. The van der Waals surface area contributed by atoms with Gasteiger partial charge in [-0.25, -0.2) is 4.68 Å². The Hall–Kier alpha value is -1.87. The monoisotopic (exact) mass is 255 g/mol. The van der Waals surface area contributed by atoms with Gasteiger partial charge in [0, 0.05) is 30.5 Å². The van der Waals surface area contributed by atoms with Gasteiger partial charge in [0.2, 0.25) is 0 Å². The van der Waals surface area contributed by atoms with E-state index in [1.165, 1.54) is 11.1 Å². The van der Waals surface area contributed by atoms with Gasteiger partial charge in [-0.05, 0) is 24.5 Å². The van der Waals surface area contributed by atoms with Crippen LogP contribution < -0.4 is 5.32 Å². The second kappa shape index (κ2) is 6.34. The van der Waals surface area contributed by atoms with Crippen molar-refractivity contribution in [1.29, 1.82) is 0 Å². The lowest BCUT2D eigenvalue weighted by atomic mass is 10.0. The summed E-state index contributed by atoms with van der Waals surface area (Å²) in [6.07, 6.45) is 6.62.